The van der Waals surface area contributed by atoms with Crippen molar-refractivity contribution in [2.24, 2.45) is 5.73 Å². The van der Waals surface area contributed by atoms with E-state index >= 15 is 0 Å². The topological polar surface area (TPSA) is 54.7 Å². The van der Waals surface area contributed by atoms with E-state index in [1.165, 1.54) is 11.1 Å². The lowest BCUT2D eigenvalue weighted by Crippen LogP contribution is -2.32. The number of H-pyrrole nitrogens is 1. The highest BCUT2D eigenvalue weighted by atomic mass is 14.9. The normalized spacial score (nSPS) is 11.8. The Morgan fingerprint density at radius 2 is 1.89 bits per heavy atom. The van der Waals surface area contributed by atoms with Crippen LogP contribution in [-0.2, 0) is 6.42 Å². The van der Waals surface area contributed by atoms with Gasteiger partial charge in [0.25, 0.3) is 0 Å². The summed E-state index contributed by atoms with van der Waals surface area (Å²) in [4.78, 5) is 7.76. The molecule has 3 heteroatoms. The van der Waals surface area contributed by atoms with Gasteiger partial charge in [0, 0.05) is 12.0 Å². The second-order valence-electron chi connectivity index (χ2n) is 5.60. The van der Waals surface area contributed by atoms with Crippen molar-refractivity contribution in [3.05, 3.63) is 41.9 Å². The van der Waals surface area contributed by atoms with Crippen LogP contribution in [0.15, 0.2) is 30.5 Å². The number of nitrogens with zero attached hydrogens (tertiary/aromatic N) is 1. The molecule has 2 rings (SSSR count). The first-order valence-corrected chi connectivity index (χ1v) is 6.34. The zero-order chi connectivity index (χ0) is 13.2. The quantitative estimate of drug-likeness (QED) is 0.867. The molecule has 1 aromatic heterocycles. The highest BCUT2D eigenvalue weighted by Crippen LogP contribution is 2.18. The van der Waals surface area contributed by atoms with Crippen molar-refractivity contribution in [3.8, 4) is 11.3 Å². The third-order valence-corrected chi connectivity index (χ3v) is 3.00. The molecule has 0 aliphatic carbocycles. The van der Waals surface area contributed by atoms with Gasteiger partial charge in [-0.05, 0) is 32.8 Å². The lowest BCUT2D eigenvalue weighted by atomic mass is 10.0. The fourth-order valence-corrected chi connectivity index (χ4v) is 1.81. The van der Waals surface area contributed by atoms with Crippen LogP contribution in [0, 0.1) is 6.92 Å². The number of hydrogen-bond donors (Lipinski definition) is 2. The van der Waals surface area contributed by atoms with Gasteiger partial charge in [0.05, 0.1) is 11.9 Å². The third-order valence-electron chi connectivity index (χ3n) is 3.00. The molecule has 3 nitrogen and oxygen atoms in total. The number of rotatable bonds is 4. The Labute approximate surface area is 108 Å². The van der Waals surface area contributed by atoms with E-state index in [9.17, 15) is 0 Å². The predicted molar refractivity (Wildman–Crippen MR) is 75.3 cm³/mol. The smallest absolute Gasteiger partial charge is 0.106 e. The third kappa shape index (κ3) is 3.44. The molecule has 0 aliphatic heterocycles. The maximum absolute atomic E-state index is 5.98. The van der Waals surface area contributed by atoms with Crippen LogP contribution >= 0.6 is 0 Å². The molecule has 1 aromatic carbocycles. The summed E-state index contributed by atoms with van der Waals surface area (Å²) in [5.41, 5.74) is 9.34. The molecule has 18 heavy (non-hydrogen) atoms. The zero-order valence-corrected chi connectivity index (χ0v) is 11.3. The van der Waals surface area contributed by atoms with E-state index in [0.717, 1.165) is 24.4 Å². The van der Waals surface area contributed by atoms with Crippen LogP contribution in [0.1, 0.15) is 31.7 Å². The molecule has 0 spiro atoms. The summed E-state index contributed by atoms with van der Waals surface area (Å²) in [6.45, 7) is 6.17. The molecule has 96 valence electrons. The van der Waals surface area contributed by atoms with Crippen LogP contribution in [0.2, 0.25) is 0 Å². The zero-order valence-electron chi connectivity index (χ0n) is 11.3. The monoisotopic (exact) mass is 243 g/mol. The standard InChI is InChI=1S/C15H21N3/c1-11-4-6-12(7-5-11)13-10-17-14(18-13)8-9-15(2,3)16/h4-7,10H,8-9,16H2,1-3H3,(H,17,18). The van der Waals surface area contributed by atoms with Crippen molar-refractivity contribution < 1.29 is 0 Å². The molecule has 0 radical (unpaired) electrons. The average Bonchev–Trinajstić information content (AvgIpc) is 2.75. The predicted octanol–water partition coefficient (Wildman–Crippen LogP) is 3.06. The Bertz CT molecular complexity index is 503. The molecule has 0 aliphatic rings. The number of nitrogens with one attached hydrogen (secondary N) is 1. The molecule has 0 saturated carbocycles. The van der Waals surface area contributed by atoms with E-state index < -0.39 is 0 Å². The van der Waals surface area contributed by atoms with Gasteiger partial charge in [0.1, 0.15) is 5.82 Å². The van der Waals surface area contributed by atoms with Crippen LogP contribution in [0.5, 0.6) is 0 Å². The Hall–Kier alpha value is -1.61. The van der Waals surface area contributed by atoms with Gasteiger partial charge in [-0.1, -0.05) is 29.8 Å². The lowest BCUT2D eigenvalue weighted by molar-refractivity contribution is 0.472. The van der Waals surface area contributed by atoms with E-state index in [1.807, 2.05) is 20.0 Å². The van der Waals surface area contributed by atoms with E-state index in [-0.39, 0.29) is 5.54 Å². The summed E-state index contributed by atoms with van der Waals surface area (Å²) in [5, 5.41) is 0. The maximum Gasteiger partial charge on any atom is 0.106 e. The van der Waals surface area contributed by atoms with Gasteiger partial charge in [-0.3, -0.25) is 0 Å². The molecule has 1 heterocycles. The van der Waals surface area contributed by atoms with Gasteiger partial charge in [0.2, 0.25) is 0 Å². The van der Waals surface area contributed by atoms with Crippen molar-refractivity contribution in [2.75, 3.05) is 0 Å². The van der Waals surface area contributed by atoms with E-state index in [4.69, 9.17) is 5.73 Å². The molecule has 2 aromatic rings. The fraction of sp³-hybridized carbons (Fsp3) is 0.400. The number of imidazole rings is 1. The molecule has 3 N–H and O–H groups in total. The Morgan fingerprint density at radius 3 is 2.50 bits per heavy atom. The molecule has 0 fully saturated rings. The number of aromatic amines is 1. The summed E-state index contributed by atoms with van der Waals surface area (Å²) in [5.74, 6) is 1.00. The maximum atomic E-state index is 5.98. The van der Waals surface area contributed by atoms with Crippen molar-refractivity contribution >= 4 is 0 Å². The van der Waals surface area contributed by atoms with Crippen molar-refractivity contribution in [2.45, 2.75) is 39.2 Å². The van der Waals surface area contributed by atoms with E-state index in [0.29, 0.717) is 0 Å². The first-order valence-electron chi connectivity index (χ1n) is 6.34. The van der Waals surface area contributed by atoms with Crippen molar-refractivity contribution in [1.29, 1.82) is 0 Å². The summed E-state index contributed by atoms with van der Waals surface area (Å²) >= 11 is 0. The van der Waals surface area contributed by atoms with Gasteiger partial charge in [-0.15, -0.1) is 0 Å². The summed E-state index contributed by atoms with van der Waals surface area (Å²) in [6.07, 6.45) is 3.70. The minimum absolute atomic E-state index is 0.142. The van der Waals surface area contributed by atoms with Crippen LogP contribution < -0.4 is 5.73 Å². The van der Waals surface area contributed by atoms with Crippen LogP contribution in [0.3, 0.4) is 0 Å². The van der Waals surface area contributed by atoms with Gasteiger partial charge in [0.15, 0.2) is 0 Å². The average molecular weight is 243 g/mol. The minimum atomic E-state index is -0.142. The van der Waals surface area contributed by atoms with E-state index in [2.05, 4.69) is 41.2 Å². The first kappa shape index (κ1) is 12.8. The number of aromatic nitrogens is 2. The van der Waals surface area contributed by atoms with Crippen LogP contribution in [-0.4, -0.2) is 15.5 Å². The van der Waals surface area contributed by atoms with Gasteiger partial charge >= 0.3 is 0 Å². The number of benzene rings is 1. The second-order valence-corrected chi connectivity index (χ2v) is 5.60. The molecule has 0 saturated heterocycles. The molecule has 0 atom stereocenters. The highest BCUT2D eigenvalue weighted by Gasteiger charge is 2.12. The molecule has 0 bridgehead atoms. The number of hydrogen-bond acceptors (Lipinski definition) is 2. The Kier molecular flexibility index (Phi) is 3.53. The highest BCUT2D eigenvalue weighted by molar-refractivity contribution is 5.58. The minimum Gasteiger partial charge on any atom is -0.342 e. The van der Waals surface area contributed by atoms with Gasteiger partial charge < -0.3 is 10.7 Å². The van der Waals surface area contributed by atoms with Crippen molar-refractivity contribution in [3.63, 3.8) is 0 Å². The van der Waals surface area contributed by atoms with Gasteiger partial charge in [-0.2, -0.15) is 0 Å². The van der Waals surface area contributed by atoms with Crippen LogP contribution in [0.4, 0.5) is 0 Å². The van der Waals surface area contributed by atoms with Gasteiger partial charge in [-0.25, -0.2) is 4.98 Å². The fourth-order valence-electron chi connectivity index (χ4n) is 1.81. The largest absolute Gasteiger partial charge is 0.342 e. The van der Waals surface area contributed by atoms with Crippen molar-refractivity contribution in [1.82, 2.24) is 9.97 Å². The number of nitrogens with two attached hydrogens (primary N) is 1. The molecular weight excluding hydrogens is 222 g/mol. The Balaban J connectivity index is 2.08. The first-order chi connectivity index (χ1) is 8.44. The molecular formula is C15H21N3. The van der Waals surface area contributed by atoms with Crippen LogP contribution in [0.25, 0.3) is 11.3 Å². The lowest BCUT2D eigenvalue weighted by Gasteiger charge is -2.16. The number of aryl methyl sites for hydroxylation is 2. The Morgan fingerprint density at radius 1 is 1.22 bits per heavy atom. The summed E-state index contributed by atoms with van der Waals surface area (Å²) in [6, 6.07) is 8.44. The van der Waals surface area contributed by atoms with E-state index in [1.54, 1.807) is 0 Å². The summed E-state index contributed by atoms with van der Waals surface area (Å²) < 4.78 is 0. The SMILES string of the molecule is Cc1ccc(-c2cnc(CCC(C)(C)N)[nH]2)cc1. The second kappa shape index (κ2) is 4.94. The molecule has 0 amide bonds. The summed E-state index contributed by atoms with van der Waals surface area (Å²) in [7, 11) is 0. The molecule has 0 unspecified atom stereocenters.